The van der Waals surface area contributed by atoms with Crippen molar-refractivity contribution in [2.45, 2.75) is 69.4 Å². The van der Waals surface area contributed by atoms with Gasteiger partial charge in [-0.1, -0.05) is 0 Å². The van der Waals surface area contributed by atoms with Gasteiger partial charge < -0.3 is 24.8 Å². The van der Waals surface area contributed by atoms with E-state index in [9.17, 15) is 0 Å². The van der Waals surface area contributed by atoms with Crippen LogP contribution in [-0.2, 0) is 31.8 Å². The first-order chi connectivity index (χ1) is 16.6. The molecule has 0 radical (unpaired) electrons. The third-order valence-electron chi connectivity index (χ3n) is 7.76. The molecule has 0 N–H and O–H groups in total. The van der Waals surface area contributed by atoms with Crippen LogP contribution in [0.25, 0.3) is 11.1 Å². The monoisotopic (exact) mass is 696 g/mol. The van der Waals surface area contributed by atoms with Gasteiger partial charge >= 0.3 is 221 Å². The minimum absolute atomic E-state index is 0. The van der Waals surface area contributed by atoms with Gasteiger partial charge in [-0.2, -0.15) is 0 Å². The Morgan fingerprint density at radius 1 is 0.730 bits per heavy atom. The second-order valence-corrected chi connectivity index (χ2v) is 22.3. The largest absolute Gasteiger partial charge is 1.00 e. The van der Waals surface area contributed by atoms with Crippen molar-refractivity contribution in [3.05, 3.63) is 116 Å². The molecule has 0 spiro atoms. The molecule has 0 aliphatic heterocycles. The van der Waals surface area contributed by atoms with Crippen LogP contribution < -0.4 is 24.8 Å². The van der Waals surface area contributed by atoms with Crippen LogP contribution in [0, 0.1) is 0 Å². The van der Waals surface area contributed by atoms with Gasteiger partial charge in [0.2, 0.25) is 0 Å². The van der Waals surface area contributed by atoms with Crippen molar-refractivity contribution in [3.63, 3.8) is 0 Å². The fourth-order valence-corrected chi connectivity index (χ4v) is 18.1. The van der Waals surface area contributed by atoms with E-state index in [1.807, 2.05) is 0 Å². The average molecular weight is 696 g/mol. The number of fused-ring (bicyclic) bond motifs is 3. The Morgan fingerprint density at radius 2 is 1.24 bits per heavy atom. The Kier molecular flexibility index (Phi) is 9.16. The first-order valence-electron chi connectivity index (χ1n) is 13.0. The van der Waals surface area contributed by atoms with Gasteiger partial charge in [-0.25, -0.2) is 0 Å². The quantitative estimate of drug-likeness (QED) is 0.370. The Bertz CT molecular complexity index is 1320. The number of rotatable bonds is 3. The van der Waals surface area contributed by atoms with Gasteiger partial charge in [0.15, 0.2) is 0 Å². The predicted molar refractivity (Wildman–Crippen MR) is 149 cm³/mol. The molecule has 0 aromatic heterocycles. The van der Waals surface area contributed by atoms with Gasteiger partial charge in [-0.15, -0.1) is 0 Å². The SMILES string of the molecule is C/[C](c1ccccc1)=[Hf+2](/[C]1=CC=CC1)[CH]1c2cc(C(C)(C)C)ccc2-c2ccc(C(C)(C)C)cc21.[Cl-].[Cl-]. The van der Waals surface area contributed by atoms with Crippen LogP contribution in [0.5, 0.6) is 0 Å². The Morgan fingerprint density at radius 3 is 1.68 bits per heavy atom. The molecule has 37 heavy (non-hydrogen) atoms. The summed E-state index contributed by atoms with van der Waals surface area (Å²) in [6.45, 7) is 16.5. The fraction of sp³-hybridized carbons (Fsp3) is 0.324. The minimum atomic E-state index is -2.58. The Labute approximate surface area is 244 Å². The van der Waals surface area contributed by atoms with Crippen molar-refractivity contribution in [2.75, 3.05) is 0 Å². The van der Waals surface area contributed by atoms with Gasteiger partial charge in [-0.05, 0) is 0 Å². The molecule has 0 amide bonds. The maximum absolute atomic E-state index is 2.58. The van der Waals surface area contributed by atoms with Gasteiger partial charge in [0.1, 0.15) is 0 Å². The standard InChI is InChI=1S/C21H25.C8H8.C5H5.2ClH.Hf/c1-20(2,3)16-7-9-18-14(12-16)11-15-13-17(21(4,5)6)8-10-19(15)18;1-2-8-6-4-3-5-7-8;1-2-4-5-3-1;;;/h7-13H,1-6H3;3-7H,1H3;1-3H,4H2;2*1H;/q;;;;;+2/p-2. The maximum atomic E-state index is 2.57. The zero-order valence-electron chi connectivity index (χ0n) is 23.1. The van der Waals surface area contributed by atoms with Crippen LogP contribution in [0.2, 0.25) is 0 Å². The molecule has 192 valence electrons. The van der Waals surface area contributed by atoms with Crippen molar-refractivity contribution in [1.29, 1.82) is 0 Å². The van der Waals surface area contributed by atoms with Crippen LogP contribution in [-0.4, -0.2) is 3.26 Å². The Balaban J connectivity index is 0.00000190. The van der Waals surface area contributed by atoms with Crippen molar-refractivity contribution >= 4 is 3.26 Å². The molecule has 2 aliphatic carbocycles. The molecule has 0 unspecified atom stereocenters. The minimum Gasteiger partial charge on any atom is -1.00 e. The number of benzene rings is 3. The second-order valence-electron chi connectivity index (χ2n) is 12.3. The first-order valence-corrected chi connectivity index (χ1v) is 18.6. The summed E-state index contributed by atoms with van der Waals surface area (Å²) in [5.41, 5.74) is 10.7. The molecule has 0 nitrogen and oxygen atoms in total. The van der Waals surface area contributed by atoms with E-state index in [-0.39, 0.29) is 35.6 Å². The summed E-state index contributed by atoms with van der Waals surface area (Å²) in [6, 6.07) is 25.9. The molecular formula is C34H38Cl2Hf. The summed E-state index contributed by atoms with van der Waals surface area (Å²) in [7, 11) is 0. The third kappa shape index (κ3) is 5.75. The number of hydrogen-bond donors (Lipinski definition) is 0. The van der Waals surface area contributed by atoms with Gasteiger partial charge in [0.05, 0.1) is 0 Å². The van der Waals surface area contributed by atoms with E-state index in [1.54, 1.807) is 17.7 Å². The van der Waals surface area contributed by atoms with Crippen LogP contribution in [0.4, 0.5) is 0 Å². The number of allylic oxidation sites excluding steroid dienone is 4. The summed E-state index contributed by atoms with van der Waals surface area (Å²) in [6.07, 6.45) is 8.26. The van der Waals surface area contributed by atoms with Gasteiger partial charge in [-0.3, -0.25) is 0 Å². The van der Waals surface area contributed by atoms with Crippen molar-refractivity contribution < 1.29 is 45.8 Å². The molecule has 3 aromatic rings. The second kappa shape index (κ2) is 11.3. The van der Waals surface area contributed by atoms with Crippen LogP contribution >= 0.6 is 0 Å². The van der Waals surface area contributed by atoms with E-state index in [1.165, 1.54) is 27.8 Å². The fourth-order valence-electron chi connectivity index (χ4n) is 5.64. The van der Waals surface area contributed by atoms with E-state index in [4.69, 9.17) is 0 Å². The van der Waals surface area contributed by atoms with E-state index < -0.39 is 21.0 Å². The van der Waals surface area contributed by atoms with Gasteiger partial charge in [0, 0.05) is 0 Å². The Hall–Kier alpha value is -1.54. The van der Waals surface area contributed by atoms with E-state index in [2.05, 4.69) is 133 Å². The van der Waals surface area contributed by atoms with Gasteiger partial charge in [0.25, 0.3) is 0 Å². The summed E-state index contributed by atoms with van der Waals surface area (Å²) in [5, 5.41) is 0. The normalized spacial score (nSPS) is 14.8. The molecule has 2 aliphatic rings. The summed E-state index contributed by atoms with van der Waals surface area (Å²) < 4.78 is 3.94. The van der Waals surface area contributed by atoms with E-state index in [0.717, 1.165) is 6.42 Å². The zero-order valence-corrected chi connectivity index (χ0v) is 28.2. The number of hydrogen-bond acceptors (Lipinski definition) is 0. The van der Waals surface area contributed by atoms with Crippen LogP contribution in [0.3, 0.4) is 0 Å². The van der Waals surface area contributed by atoms with Crippen LogP contribution in [0.1, 0.15) is 86.4 Å². The molecule has 0 saturated heterocycles. The third-order valence-corrected chi connectivity index (χ3v) is 19.8. The summed E-state index contributed by atoms with van der Waals surface area (Å²) in [5.74, 6) is 0. The molecule has 0 saturated carbocycles. The molecule has 3 aromatic carbocycles. The smallest absolute Gasteiger partial charge is 1.00 e. The zero-order chi connectivity index (χ0) is 25.0. The first kappa shape index (κ1) is 30.0. The van der Waals surface area contributed by atoms with E-state index in [0.29, 0.717) is 3.67 Å². The molecule has 3 heteroatoms. The molecular weight excluding hydrogens is 658 g/mol. The topological polar surface area (TPSA) is 0 Å². The molecule has 0 heterocycles. The van der Waals surface area contributed by atoms with Crippen molar-refractivity contribution in [2.24, 2.45) is 0 Å². The maximum Gasteiger partial charge on any atom is -1.00 e. The molecule has 0 fully saturated rings. The molecule has 0 bridgehead atoms. The summed E-state index contributed by atoms with van der Waals surface area (Å²) >= 11 is -2.58. The molecule has 5 rings (SSSR count). The number of halogens is 2. The van der Waals surface area contributed by atoms with Crippen molar-refractivity contribution in [3.8, 4) is 11.1 Å². The summed E-state index contributed by atoms with van der Waals surface area (Å²) in [4.78, 5) is 0. The van der Waals surface area contributed by atoms with Crippen LogP contribution in [0.15, 0.2) is 88.3 Å². The van der Waals surface area contributed by atoms with E-state index >= 15 is 0 Å². The molecule has 0 atom stereocenters. The van der Waals surface area contributed by atoms with Crippen molar-refractivity contribution in [1.82, 2.24) is 0 Å². The predicted octanol–water partition coefficient (Wildman–Crippen LogP) is 3.06. The average Bonchev–Trinajstić information content (AvgIpc) is 3.45.